The molecule has 1 aromatic heterocycles. The number of carbonyl (C=O) groups is 1. The first-order valence-electron chi connectivity index (χ1n) is 9.03. The fourth-order valence-corrected chi connectivity index (χ4v) is 3.01. The zero-order valence-electron chi connectivity index (χ0n) is 15.9. The lowest BCUT2D eigenvalue weighted by Gasteiger charge is -2.13. The zero-order valence-corrected chi connectivity index (χ0v) is 15.9. The van der Waals surface area contributed by atoms with Gasteiger partial charge in [0.1, 0.15) is 5.82 Å². The third kappa shape index (κ3) is 4.91. The van der Waals surface area contributed by atoms with E-state index in [0.29, 0.717) is 23.8 Å². The summed E-state index contributed by atoms with van der Waals surface area (Å²) in [6.45, 7) is 6.98. The second-order valence-corrected chi connectivity index (χ2v) is 6.82. The molecule has 0 aliphatic rings. The first kappa shape index (κ1) is 18.6. The molecule has 5 nitrogen and oxygen atoms in total. The summed E-state index contributed by atoms with van der Waals surface area (Å²) in [7, 11) is 0. The number of benzene rings is 2. The highest BCUT2D eigenvalue weighted by Gasteiger charge is 2.09. The van der Waals surface area contributed by atoms with E-state index in [-0.39, 0.29) is 5.91 Å². The number of anilines is 2. The lowest BCUT2D eigenvalue weighted by molar-refractivity contribution is 0.102. The standard InChI is InChI=1S/C22H24N4O/c1-15(2)20-8-7-19(11-16(20)3)26-22(27)18-6-4-5-17(12-18)13-25-21-14-23-9-10-24-21/h4-12,14-15H,13H2,1-3H3,(H,24,25)(H,26,27). The molecule has 0 spiro atoms. The lowest BCUT2D eigenvalue weighted by Crippen LogP contribution is -2.13. The maximum Gasteiger partial charge on any atom is 0.255 e. The monoisotopic (exact) mass is 360 g/mol. The Morgan fingerprint density at radius 1 is 1.11 bits per heavy atom. The van der Waals surface area contributed by atoms with Crippen LogP contribution in [0.5, 0.6) is 0 Å². The molecule has 138 valence electrons. The van der Waals surface area contributed by atoms with E-state index in [2.05, 4.69) is 47.4 Å². The summed E-state index contributed by atoms with van der Waals surface area (Å²) in [6, 6.07) is 13.6. The number of rotatable bonds is 6. The van der Waals surface area contributed by atoms with Crippen molar-refractivity contribution in [3.05, 3.63) is 83.3 Å². The Balaban J connectivity index is 1.67. The molecular formula is C22H24N4O. The number of nitrogens with one attached hydrogen (secondary N) is 2. The third-order valence-electron chi connectivity index (χ3n) is 4.38. The molecule has 27 heavy (non-hydrogen) atoms. The predicted molar refractivity (Wildman–Crippen MR) is 109 cm³/mol. The molecule has 0 saturated carbocycles. The maximum absolute atomic E-state index is 12.6. The highest BCUT2D eigenvalue weighted by atomic mass is 16.1. The average molecular weight is 360 g/mol. The largest absolute Gasteiger partial charge is 0.365 e. The number of hydrogen-bond acceptors (Lipinski definition) is 4. The predicted octanol–water partition coefficient (Wildman–Crippen LogP) is 4.77. The Bertz CT molecular complexity index is 923. The van der Waals surface area contributed by atoms with Gasteiger partial charge in [0.25, 0.3) is 5.91 Å². The van der Waals surface area contributed by atoms with Crippen molar-refractivity contribution < 1.29 is 4.79 Å². The molecule has 3 aromatic rings. The van der Waals surface area contributed by atoms with Gasteiger partial charge >= 0.3 is 0 Å². The summed E-state index contributed by atoms with van der Waals surface area (Å²) in [5.74, 6) is 1.05. The van der Waals surface area contributed by atoms with Crippen molar-refractivity contribution in [1.29, 1.82) is 0 Å². The summed E-state index contributed by atoms with van der Waals surface area (Å²) in [6.07, 6.45) is 4.93. The third-order valence-corrected chi connectivity index (χ3v) is 4.38. The van der Waals surface area contributed by atoms with Crippen LogP contribution in [-0.4, -0.2) is 15.9 Å². The Morgan fingerprint density at radius 2 is 1.96 bits per heavy atom. The molecule has 2 N–H and O–H groups in total. The zero-order chi connectivity index (χ0) is 19.2. The Labute approximate surface area is 159 Å². The molecule has 2 aromatic carbocycles. The van der Waals surface area contributed by atoms with Gasteiger partial charge in [-0.1, -0.05) is 32.0 Å². The number of aryl methyl sites for hydroxylation is 1. The quantitative estimate of drug-likeness (QED) is 0.664. The van der Waals surface area contributed by atoms with Gasteiger partial charge in [0.05, 0.1) is 6.20 Å². The van der Waals surface area contributed by atoms with Crippen LogP contribution in [0, 0.1) is 6.92 Å². The molecule has 0 radical (unpaired) electrons. The topological polar surface area (TPSA) is 66.9 Å². The van der Waals surface area contributed by atoms with Crippen molar-refractivity contribution in [2.75, 3.05) is 10.6 Å². The first-order chi connectivity index (χ1) is 13.0. The number of aromatic nitrogens is 2. The van der Waals surface area contributed by atoms with Crippen molar-refractivity contribution in [1.82, 2.24) is 9.97 Å². The van der Waals surface area contributed by atoms with Gasteiger partial charge in [-0.25, -0.2) is 4.98 Å². The molecule has 0 fully saturated rings. The highest BCUT2D eigenvalue weighted by Crippen LogP contribution is 2.22. The molecule has 3 rings (SSSR count). The molecule has 0 unspecified atom stereocenters. The molecule has 1 heterocycles. The molecule has 0 atom stereocenters. The van der Waals surface area contributed by atoms with Crippen LogP contribution in [0.15, 0.2) is 61.1 Å². The van der Waals surface area contributed by atoms with E-state index in [0.717, 1.165) is 11.3 Å². The van der Waals surface area contributed by atoms with E-state index in [1.54, 1.807) is 18.6 Å². The van der Waals surface area contributed by atoms with Gasteiger partial charge in [-0.05, 0) is 53.8 Å². The van der Waals surface area contributed by atoms with Crippen molar-refractivity contribution >= 4 is 17.4 Å². The second-order valence-electron chi connectivity index (χ2n) is 6.82. The smallest absolute Gasteiger partial charge is 0.255 e. The number of nitrogens with zero attached hydrogens (tertiary/aromatic N) is 2. The van der Waals surface area contributed by atoms with Crippen LogP contribution >= 0.6 is 0 Å². The maximum atomic E-state index is 12.6. The van der Waals surface area contributed by atoms with Crippen molar-refractivity contribution in [3.63, 3.8) is 0 Å². The van der Waals surface area contributed by atoms with E-state index in [9.17, 15) is 4.79 Å². The Morgan fingerprint density at radius 3 is 2.67 bits per heavy atom. The van der Waals surface area contributed by atoms with Gasteiger partial charge in [0, 0.05) is 30.2 Å². The van der Waals surface area contributed by atoms with Gasteiger partial charge in [0.2, 0.25) is 0 Å². The van der Waals surface area contributed by atoms with E-state index < -0.39 is 0 Å². The van der Waals surface area contributed by atoms with E-state index >= 15 is 0 Å². The van der Waals surface area contributed by atoms with Gasteiger partial charge < -0.3 is 10.6 Å². The number of carbonyl (C=O) groups excluding carboxylic acids is 1. The Hall–Kier alpha value is -3.21. The van der Waals surface area contributed by atoms with Crippen LogP contribution in [-0.2, 0) is 6.54 Å². The minimum Gasteiger partial charge on any atom is -0.365 e. The molecule has 0 saturated heterocycles. The number of amides is 1. The normalized spacial score (nSPS) is 10.7. The highest BCUT2D eigenvalue weighted by molar-refractivity contribution is 6.04. The van der Waals surface area contributed by atoms with Gasteiger partial charge in [-0.15, -0.1) is 0 Å². The summed E-state index contributed by atoms with van der Waals surface area (Å²) in [4.78, 5) is 20.8. The van der Waals surface area contributed by atoms with Crippen LogP contribution in [0.25, 0.3) is 0 Å². The van der Waals surface area contributed by atoms with Crippen molar-refractivity contribution in [3.8, 4) is 0 Å². The second kappa shape index (κ2) is 8.45. The van der Waals surface area contributed by atoms with E-state index in [4.69, 9.17) is 0 Å². The lowest BCUT2D eigenvalue weighted by atomic mass is 9.97. The molecule has 1 amide bonds. The van der Waals surface area contributed by atoms with Gasteiger partial charge in [-0.3, -0.25) is 9.78 Å². The minimum absolute atomic E-state index is 0.118. The summed E-state index contributed by atoms with van der Waals surface area (Å²) in [5, 5.41) is 6.18. The van der Waals surface area contributed by atoms with Crippen LogP contribution < -0.4 is 10.6 Å². The fourth-order valence-electron chi connectivity index (χ4n) is 3.01. The van der Waals surface area contributed by atoms with Gasteiger partial charge in [0.15, 0.2) is 0 Å². The Kier molecular flexibility index (Phi) is 5.81. The van der Waals surface area contributed by atoms with Crippen LogP contribution in [0.3, 0.4) is 0 Å². The van der Waals surface area contributed by atoms with Gasteiger partial charge in [-0.2, -0.15) is 0 Å². The first-order valence-corrected chi connectivity index (χ1v) is 9.03. The molecule has 5 heteroatoms. The molecule has 0 bridgehead atoms. The van der Waals surface area contributed by atoms with Crippen LogP contribution in [0.1, 0.15) is 46.8 Å². The molecule has 0 aliphatic heterocycles. The number of hydrogen-bond donors (Lipinski definition) is 2. The van der Waals surface area contributed by atoms with Crippen LogP contribution in [0.4, 0.5) is 11.5 Å². The summed E-state index contributed by atoms with van der Waals surface area (Å²) in [5.41, 5.74) is 4.92. The fraction of sp³-hybridized carbons (Fsp3) is 0.227. The van der Waals surface area contributed by atoms with E-state index in [1.165, 1.54) is 11.1 Å². The van der Waals surface area contributed by atoms with E-state index in [1.807, 2.05) is 36.4 Å². The minimum atomic E-state index is -0.118. The summed E-state index contributed by atoms with van der Waals surface area (Å²) >= 11 is 0. The van der Waals surface area contributed by atoms with Crippen LogP contribution in [0.2, 0.25) is 0 Å². The summed E-state index contributed by atoms with van der Waals surface area (Å²) < 4.78 is 0. The molecular weight excluding hydrogens is 336 g/mol. The van der Waals surface area contributed by atoms with Crippen molar-refractivity contribution in [2.24, 2.45) is 0 Å². The van der Waals surface area contributed by atoms with Crippen molar-refractivity contribution in [2.45, 2.75) is 33.2 Å². The SMILES string of the molecule is Cc1cc(NC(=O)c2cccc(CNc3cnccn3)c2)ccc1C(C)C. The molecule has 0 aliphatic carbocycles. The average Bonchev–Trinajstić information content (AvgIpc) is 2.67.